The minimum absolute atomic E-state index is 0.246. The first-order valence-corrected chi connectivity index (χ1v) is 8.28. The van der Waals surface area contributed by atoms with Crippen LogP contribution in [-0.2, 0) is 14.6 Å². The highest BCUT2D eigenvalue weighted by Crippen LogP contribution is 2.34. The second-order valence-electron chi connectivity index (χ2n) is 4.98. The molecule has 1 fully saturated rings. The molecular weight excluding hydrogens is 238 g/mol. The van der Waals surface area contributed by atoms with Gasteiger partial charge >= 0.3 is 0 Å². The van der Waals surface area contributed by atoms with Crippen LogP contribution in [0.5, 0.6) is 0 Å². The van der Waals surface area contributed by atoms with E-state index in [0.29, 0.717) is 5.75 Å². The van der Waals surface area contributed by atoms with Crippen LogP contribution in [0.1, 0.15) is 32.6 Å². The summed E-state index contributed by atoms with van der Waals surface area (Å²) >= 11 is 0. The fraction of sp³-hybridized carbons (Fsp3) is 1.00. The summed E-state index contributed by atoms with van der Waals surface area (Å²) in [5.41, 5.74) is 0.246. The Hall–Kier alpha value is -0.130. The van der Waals surface area contributed by atoms with Gasteiger partial charge in [0.25, 0.3) is 0 Å². The monoisotopic (exact) mass is 263 g/mol. The number of sulfone groups is 1. The Morgan fingerprint density at radius 2 is 1.94 bits per heavy atom. The van der Waals surface area contributed by atoms with Crippen LogP contribution in [0.4, 0.5) is 0 Å². The van der Waals surface area contributed by atoms with E-state index in [4.69, 9.17) is 4.74 Å². The predicted molar refractivity (Wildman–Crippen MR) is 70.0 cm³/mol. The van der Waals surface area contributed by atoms with Crippen LogP contribution >= 0.6 is 0 Å². The van der Waals surface area contributed by atoms with Crippen molar-refractivity contribution in [1.82, 2.24) is 5.32 Å². The predicted octanol–water partition coefficient (Wildman–Crippen LogP) is 1.22. The number of nitrogens with one attached hydrogen (secondary N) is 1. The summed E-state index contributed by atoms with van der Waals surface area (Å²) < 4.78 is 28.3. The van der Waals surface area contributed by atoms with Gasteiger partial charge in [0, 0.05) is 25.5 Å². The minimum atomic E-state index is -2.81. The fourth-order valence-electron chi connectivity index (χ4n) is 2.51. The van der Waals surface area contributed by atoms with Crippen LogP contribution in [0.2, 0.25) is 0 Å². The molecular formula is C12H25NO3S. The average Bonchev–Trinajstić information content (AvgIpc) is 2.30. The summed E-state index contributed by atoms with van der Waals surface area (Å²) in [5.74, 6) is 0.588. The zero-order valence-corrected chi connectivity index (χ0v) is 11.8. The first kappa shape index (κ1) is 14.9. The Kier molecular flexibility index (Phi) is 5.89. The van der Waals surface area contributed by atoms with Gasteiger partial charge in [0.15, 0.2) is 0 Å². The van der Waals surface area contributed by atoms with Crippen molar-refractivity contribution in [3.8, 4) is 0 Å². The van der Waals surface area contributed by atoms with Crippen LogP contribution in [0.3, 0.4) is 0 Å². The molecule has 0 amide bonds. The van der Waals surface area contributed by atoms with E-state index in [1.54, 1.807) is 6.92 Å². The Balaban J connectivity index is 2.44. The Morgan fingerprint density at radius 1 is 1.29 bits per heavy atom. The lowest BCUT2D eigenvalue weighted by Gasteiger charge is -2.37. The van der Waals surface area contributed by atoms with Crippen molar-refractivity contribution < 1.29 is 13.2 Å². The minimum Gasteiger partial charge on any atom is -0.381 e. The first-order valence-electron chi connectivity index (χ1n) is 6.46. The topological polar surface area (TPSA) is 55.4 Å². The van der Waals surface area contributed by atoms with E-state index in [9.17, 15) is 8.42 Å². The summed E-state index contributed by atoms with van der Waals surface area (Å²) in [4.78, 5) is 0. The smallest absolute Gasteiger partial charge is 0.150 e. The SMILES string of the molecule is CCS(=O)(=O)CCCC1(CNC)CCOCC1. The lowest BCUT2D eigenvalue weighted by molar-refractivity contribution is 0.0111. The third kappa shape index (κ3) is 4.94. The van der Waals surface area contributed by atoms with Gasteiger partial charge in [-0.25, -0.2) is 8.42 Å². The molecule has 1 heterocycles. The molecule has 0 saturated carbocycles. The Morgan fingerprint density at radius 3 is 2.47 bits per heavy atom. The maximum atomic E-state index is 11.5. The van der Waals surface area contributed by atoms with E-state index in [-0.39, 0.29) is 11.2 Å². The van der Waals surface area contributed by atoms with Gasteiger partial charge in [-0.15, -0.1) is 0 Å². The van der Waals surface area contributed by atoms with Crippen molar-refractivity contribution in [1.29, 1.82) is 0 Å². The third-order valence-electron chi connectivity index (χ3n) is 3.71. The molecule has 0 spiro atoms. The second kappa shape index (κ2) is 6.71. The number of ether oxygens (including phenoxy) is 1. The number of hydrogen-bond donors (Lipinski definition) is 1. The highest BCUT2D eigenvalue weighted by Gasteiger charge is 2.31. The molecule has 1 aliphatic heterocycles. The summed E-state index contributed by atoms with van der Waals surface area (Å²) in [5, 5.41) is 3.23. The summed E-state index contributed by atoms with van der Waals surface area (Å²) in [6.07, 6.45) is 3.84. The number of rotatable bonds is 7. The van der Waals surface area contributed by atoms with Crippen LogP contribution in [0, 0.1) is 5.41 Å². The van der Waals surface area contributed by atoms with Crippen molar-refractivity contribution in [2.75, 3.05) is 38.3 Å². The van der Waals surface area contributed by atoms with Crippen LogP contribution in [-0.4, -0.2) is 46.7 Å². The lowest BCUT2D eigenvalue weighted by atomic mass is 9.76. The normalized spacial score (nSPS) is 20.4. The third-order valence-corrected chi connectivity index (χ3v) is 5.50. The molecule has 0 aromatic rings. The van der Waals surface area contributed by atoms with E-state index in [0.717, 1.165) is 45.4 Å². The van der Waals surface area contributed by atoms with Gasteiger partial charge in [-0.2, -0.15) is 0 Å². The standard InChI is InChI=1S/C12H25NO3S/c1-3-17(14,15)10-4-5-12(11-13-2)6-8-16-9-7-12/h13H,3-11H2,1-2H3. The molecule has 5 heteroatoms. The molecule has 0 aromatic carbocycles. The maximum absolute atomic E-state index is 11.5. The Bertz CT molecular complexity index is 302. The molecule has 102 valence electrons. The summed E-state index contributed by atoms with van der Waals surface area (Å²) in [6.45, 7) is 4.29. The molecule has 1 rings (SSSR count). The van der Waals surface area contributed by atoms with Gasteiger partial charge in [-0.05, 0) is 38.1 Å². The van der Waals surface area contributed by atoms with Gasteiger partial charge in [0.1, 0.15) is 9.84 Å². The van der Waals surface area contributed by atoms with E-state index in [1.807, 2.05) is 7.05 Å². The number of hydrogen-bond acceptors (Lipinski definition) is 4. The lowest BCUT2D eigenvalue weighted by Crippen LogP contribution is -2.38. The second-order valence-corrected chi connectivity index (χ2v) is 7.46. The highest BCUT2D eigenvalue weighted by molar-refractivity contribution is 7.91. The summed E-state index contributed by atoms with van der Waals surface area (Å²) in [6, 6.07) is 0. The van der Waals surface area contributed by atoms with Crippen LogP contribution in [0.25, 0.3) is 0 Å². The van der Waals surface area contributed by atoms with Crippen molar-refractivity contribution in [2.45, 2.75) is 32.6 Å². The molecule has 0 bridgehead atoms. The molecule has 1 aliphatic rings. The molecule has 17 heavy (non-hydrogen) atoms. The van der Waals surface area contributed by atoms with Crippen LogP contribution in [0.15, 0.2) is 0 Å². The highest BCUT2D eigenvalue weighted by atomic mass is 32.2. The van der Waals surface area contributed by atoms with Gasteiger partial charge in [0.2, 0.25) is 0 Å². The van der Waals surface area contributed by atoms with Gasteiger partial charge in [-0.1, -0.05) is 6.92 Å². The summed E-state index contributed by atoms with van der Waals surface area (Å²) in [7, 11) is -0.855. The molecule has 0 aliphatic carbocycles. The van der Waals surface area contributed by atoms with E-state index >= 15 is 0 Å². The van der Waals surface area contributed by atoms with Crippen molar-refractivity contribution >= 4 is 9.84 Å². The van der Waals surface area contributed by atoms with E-state index in [1.165, 1.54) is 0 Å². The molecule has 0 aromatic heterocycles. The zero-order chi connectivity index (χ0) is 12.8. The van der Waals surface area contributed by atoms with E-state index in [2.05, 4.69) is 5.32 Å². The fourth-order valence-corrected chi connectivity index (χ4v) is 3.38. The molecule has 0 radical (unpaired) electrons. The van der Waals surface area contributed by atoms with Crippen molar-refractivity contribution in [3.63, 3.8) is 0 Å². The van der Waals surface area contributed by atoms with Crippen molar-refractivity contribution in [3.05, 3.63) is 0 Å². The van der Waals surface area contributed by atoms with Gasteiger partial charge in [0.05, 0.1) is 5.75 Å². The molecule has 0 atom stereocenters. The molecule has 4 nitrogen and oxygen atoms in total. The molecule has 1 N–H and O–H groups in total. The zero-order valence-electron chi connectivity index (χ0n) is 11.0. The van der Waals surface area contributed by atoms with Crippen molar-refractivity contribution in [2.24, 2.45) is 5.41 Å². The first-order chi connectivity index (χ1) is 8.04. The molecule has 0 unspecified atom stereocenters. The Labute approximate surface area is 105 Å². The maximum Gasteiger partial charge on any atom is 0.150 e. The average molecular weight is 263 g/mol. The van der Waals surface area contributed by atoms with Gasteiger partial charge < -0.3 is 10.1 Å². The van der Waals surface area contributed by atoms with E-state index < -0.39 is 9.84 Å². The van der Waals surface area contributed by atoms with Crippen LogP contribution < -0.4 is 5.32 Å². The van der Waals surface area contributed by atoms with Gasteiger partial charge in [-0.3, -0.25) is 0 Å². The largest absolute Gasteiger partial charge is 0.381 e. The quantitative estimate of drug-likeness (QED) is 0.750. The molecule has 1 saturated heterocycles.